The summed E-state index contributed by atoms with van der Waals surface area (Å²) < 4.78 is 0. The van der Waals surface area contributed by atoms with Crippen molar-refractivity contribution in [3.63, 3.8) is 0 Å². The molecule has 2 heteroatoms. The minimum atomic E-state index is 0.481. The molecule has 1 heterocycles. The maximum atomic E-state index is 3.69. The quantitative estimate of drug-likeness (QED) is 0.841. The fourth-order valence-corrected chi connectivity index (χ4v) is 3.14. The van der Waals surface area contributed by atoms with Gasteiger partial charge in [-0.05, 0) is 31.6 Å². The molecule has 15 heavy (non-hydrogen) atoms. The number of aryl methyl sites for hydroxylation is 1. The molecule has 0 radical (unpaired) electrons. The van der Waals surface area contributed by atoms with Crippen molar-refractivity contribution in [3.8, 4) is 0 Å². The highest BCUT2D eigenvalue weighted by Crippen LogP contribution is 2.21. The number of hydrogen-bond donors (Lipinski definition) is 1. The lowest BCUT2D eigenvalue weighted by Gasteiger charge is -2.19. The Morgan fingerprint density at radius 1 is 1.33 bits per heavy atom. The van der Waals surface area contributed by atoms with Gasteiger partial charge in [-0.1, -0.05) is 29.8 Å². The molecule has 0 saturated carbocycles. The molecule has 82 valence electrons. The minimum absolute atomic E-state index is 0.481. The second-order valence-electron chi connectivity index (χ2n) is 4.36. The Bertz CT molecular complexity index is 301. The third-order valence-electron chi connectivity index (χ3n) is 2.99. The molecule has 1 N–H and O–H groups in total. The predicted molar refractivity (Wildman–Crippen MR) is 68.5 cm³/mol. The highest BCUT2D eigenvalue weighted by atomic mass is 32.2. The Morgan fingerprint density at radius 2 is 2.07 bits per heavy atom. The van der Waals surface area contributed by atoms with Crippen molar-refractivity contribution < 1.29 is 0 Å². The van der Waals surface area contributed by atoms with E-state index < -0.39 is 0 Å². The first-order valence-electron chi connectivity index (χ1n) is 5.66. The lowest BCUT2D eigenvalue weighted by Crippen LogP contribution is -2.31. The van der Waals surface area contributed by atoms with Crippen LogP contribution in [0.2, 0.25) is 0 Å². The second-order valence-corrected chi connectivity index (χ2v) is 5.51. The van der Waals surface area contributed by atoms with Gasteiger partial charge < -0.3 is 5.32 Å². The van der Waals surface area contributed by atoms with Crippen LogP contribution in [0.4, 0.5) is 0 Å². The van der Waals surface area contributed by atoms with Gasteiger partial charge in [0.2, 0.25) is 0 Å². The van der Waals surface area contributed by atoms with Crippen LogP contribution in [-0.4, -0.2) is 17.5 Å². The van der Waals surface area contributed by atoms with Crippen LogP contribution in [0.25, 0.3) is 0 Å². The third-order valence-corrected chi connectivity index (χ3v) is 4.16. The Labute approximate surface area is 96.7 Å². The van der Waals surface area contributed by atoms with E-state index in [1.54, 1.807) is 0 Å². The largest absolute Gasteiger partial charge is 0.307 e. The van der Waals surface area contributed by atoms with E-state index in [0.717, 1.165) is 0 Å². The van der Waals surface area contributed by atoms with Crippen molar-refractivity contribution in [2.45, 2.75) is 32.4 Å². The molecular formula is C13H19NS. The lowest BCUT2D eigenvalue weighted by molar-refractivity contribution is 0.486. The van der Waals surface area contributed by atoms with Gasteiger partial charge in [0.25, 0.3) is 0 Å². The Balaban J connectivity index is 1.94. The molecule has 0 spiro atoms. The van der Waals surface area contributed by atoms with Crippen molar-refractivity contribution >= 4 is 11.8 Å². The number of hydrogen-bond acceptors (Lipinski definition) is 2. The molecule has 1 aromatic carbocycles. The molecule has 1 nitrogen and oxygen atoms in total. The summed E-state index contributed by atoms with van der Waals surface area (Å²) in [4.78, 5) is 0. The molecule has 2 rings (SSSR count). The van der Waals surface area contributed by atoms with Crippen LogP contribution >= 0.6 is 11.8 Å². The van der Waals surface area contributed by atoms with Crippen molar-refractivity contribution in [1.29, 1.82) is 0 Å². The minimum Gasteiger partial charge on any atom is -0.307 e. The Hall–Kier alpha value is -0.470. The van der Waals surface area contributed by atoms with Crippen LogP contribution in [0.3, 0.4) is 0 Å². The maximum Gasteiger partial charge on any atom is 0.0294 e. The van der Waals surface area contributed by atoms with Gasteiger partial charge in [-0.3, -0.25) is 0 Å². The van der Waals surface area contributed by atoms with Crippen molar-refractivity contribution in [2.24, 2.45) is 0 Å². The summed E-state index contributed by atoms with van der Waals surface area (Å²) in [7, 11) is 0. The van der Waals surface area contributed by atoms with Gasteiger partial charge in [-0.15, -0.1) is 0 Å². The fraction of sp³-hybridized carbons (Fsp3) is 0.538. The van der Waals surface area contributed by atoms with E-state index in [1.807, 2.05) is 0 Å². The Kier molecular flexibility index (Phi) is 3.71. The zero-order chi connectivity index (χ0) is 10.7. The van der Waals surface area contributed by atoms with E-state index >= 15 is 0 Å². The van der Waals surface area contributed by atoms with Gasteiger partial charge in [0, 0.05) is 17.8 Å². The highest BCUT2D eigenvalue weighted by Gasteiger charge is 2.17. The smallest absolute Gasteiger partial charge is 0.0294 e. The lowest BCUT2D eigenvalue weighted by atomic mass is 10.1. The molecular weight excluding hydrogens is 202 g/mol. The molecule has 0 bridgehead atoms. The first kappa shape index (κ1) is 11.0. The number of benzene rings is 1. The monoisotopic (exact) mass is 221 g/mol. The summed E-state index contributed by atoms with van der Waals surface area (Å²) in [6.07, 6.45) is 1.32. The van der Waals surface area contributed by atoms with E-state index in [4.69, 9.17) is 0 Å². The van der Waals surface area contributed by atoms with Gasteiger partial charge in [-0.2, -0.15) is 11.8 Å². The summed E-state index contributed by atoms with van der Waals surface area (Å²) in [6, 6.07) is 10.0. The van der Waals surface area contributed by atoms with Crippen LogP contribution in [0.15, 0.2) is 24.3 Å². The predicted octanol–water partition coefficient (Wildman–Crippen LogP) is 3.15. The van der Waals surface area contributed by atoms with E-state index in [1.165, 1.54) is 29.1 Å². The number of rotatable bonds is 3. The van der Waals surface area contributed by atoms with Crippen molar-refractivity contribution in [3.05, 3.63) is 35.4 Å². The first-order valence-corrected chi connectivity index (χ1v) is 6.81. The zero-order valence-electron chi connectivity index (χ0n) is 9.49. The molecule has 1 fully saturated rings. The van der Waals surface area contributed by atoms with E-state index in [-0.39, 0.29) is 0 Å². The van der Waals surface area contributed by atoms with Crippen LogP contribution in [0.1, 0.15) is 30.5 Å². The zero-order valence-corrected chi connectivity index (χ0v) is 10.3. The van der Waals surface area contributed by atoms with Crippen molar-refractivity contribution in [2.75, 3.05) is 11.5 Å². The summed E-state index contributed by atoms with van der Waals surface area (Å²) >= 11 is 2.06. The van der Waals surface area contributed by atoms with Gasteiger partial charge in [-0.25, -0.2) is 0 Å². The average Bonchev–Trinajstić information content (AvgIpc) is 2.71. The first-order chi connectivity index (χ1) is 7.25. The topological polar surface area (TPSA) is 12.0 Å². The summed E-state index contributed by atoms with van der Waals surface area (Å²) in [5, 5.41) is 3.69. The molecule has 1 aliphatic heterocycles. The van der Waals surface area contributed by atoms with E-state index in [0.29, 0.717) is 12.1 Å². The average molecular weight is 221 g/mol. The maximum absolute atomic E-state index is 3.69. The number of thioether (sulfide) groups is 1. The van der Waals surface area contributed by atoms with Gasteiger partial charge in [0.05, 0.1) is 0 Å². The third kappa shape index (κ3) is 2.99. The summed E-state index contributed by atoms with van der Waals surface area (Å²) in [5.41, 5.74) is 2.74. The van der Waals surface area contributed by atoms with Gasteiger partial charge in [0.15, 0.2) is 0 Å². The summed E-state index contributed by atoms with van der Waals surface area (Å²) in [5.74, 6) is 2.59. The second kappa shape index (κ2) is 5.04. The van der Waals surface area contributed by atoms with Crippen LogP contribution in [0.5, 0.6) is 0 Å². The molecule has 1 saturated heterocycles. The summed E-state index contributed by atoms with van der Waals surface area (Å²) in [6.45, 7) is 4.39. The molecule has 0 amide bonds. The molecule has 1 aromatic rings. The van der Waals surface area contributed by atoms with Crippen LogP contribution in [0, 0.1) is 6.92 Å². The number of nitrogens with one attached hydrogen (secondary N) is 1. The normalized spacial score (nSPS) is 22.9. The molecule has 1 unspecified atom stereocenters. The molecule has 1 aliphatic rings. The molecule has 2 atom stereocenters. The highest BCUT2D eigenvalue weighted by molar-refractivity contribution is 7.99. The fourth-order valence-electron chi connectivity index (χ4n) is 1.97. The molecule has 0 aromatic heterocycles. The van der Waals surface area contributed by atoms with Gasteiger partial charge >= 0.3 is 0 Å². The van der Waals surface area contributed by atoms with Crippen LogP contribution in [-0.2, 0) is 0 Å². The SMILES string of the molecule is Cc1ccc([C@H](C)NC2CCSC2)cc1. The Morgan fingerprint density at radius 3 is 2.67 bits per heavy atom. The standard InChI is InChI=1S/C13H19NS/c1-10-3-5-12(6-4-10)11(2)14-13-7-8-15-9-13/h3-6,11,13-14H,7-9H2,1-2H3/t11-,13?/m0/s1. The van der Waals surface area contributed by atoms with Gasteiger partial charge in [0.1, 0.15) is 0 Å². The van der Waals surface area contributed by atoms with E-state index in [2.05, 4.69) is 55.2 Å². The van der Waals surface area contributed by atoms with Crippen molar-refractivity contribution in [1.82, 2.24) is 5.32 Å². The van der Waals surface area contributed by atoms with E-state index in [9.17, 15) is 0 Å². The molecule has 0 aliphatic carbocycles. The van der Waals surface area contributed by atoms with Crippen LogP contribution < -0.4 is 5.32 Å².